The lowest BCUT2D eigenvalue weighted by atomic mass is 10.1. The first-order valence-electron chi connectivity index (χ1n) is 8.01. The van der Waals surface area contributed by atoms with Crippen LogP contribution in [-0.2, 0) is 6.54 Å². The third-order valence-corrected chi connectivity index (χ3v) is 4.33. The average molecular weight is 427 g/mol. The van der Waals surface area contributed by atoms with Gasteiger partial charge in [-0.2, -0.15) is 5.10 Å². The summed E-state index contributed by atoms with van der Waals surface area (Å²) in [5.41, 5.74) is 1.06. The van der Waals surface area contributed by atoms with E-state index in [2.05, 4.69) is 31.2 Å². The first kappa shape index (κ1) is 17.3. The molecule has 6 nitrogen and oxygen atoms in total. The van der Waals surface area contributed by atoms with Crippen LogP contribution in [0.15, 0.2) is 74.3 Å². The Morgan fingerprint density at radius 2 is 1.89 bits per heavy atom. The number of halogens is 2. The van der Waals surface area contributed by atoms with Crippen molar-refractivity contribution in [2.24, 2.45) is 0 Å². The van der Waals surface area contributed by atoms with Crippen molar-refractivity contribution in [3.8, 4) is 22.7 Å². The topological polar surface area (TPSA) is 73.8 Å². The molecule has 4 rings (SSSR count). The van der Waals surface area contributed by atoms with Gasteiger partial charge in [0.2, 0.25) is 11.8 Å². The maximum atomic E-state index is 14.0. The molecule has 4 aromatic rings. The normalized spacial score (nSPS) is 10.9. The number of hydrogen-bond acceptors (Lipinski definition) is 5. The van der Waals surface area contributed by atoms with E-state index in [0.29, 0.717) is 17.1 Å². The fourth-order valence-corrected chi connectivity index (χ4v) is 2.96. The second-order valence-electron chi connectivity index (χ2n) is 5.71. The quantitative estimate of drug-likeness (QED) is 0.494. The molecule has 27 heavy (non-hydrogen) atoms. The predicted molar refractivity (Wildman–Crippen MR) is 100 cm³/mol. The van der Waals surface area contributed by atoms with Gasteiger partial charge in [-0.3, -0.25) is 4.79 Å². The smallest absolute Gasteiger partial charge is 0.267 e. The van der Waals surface area contributed by atoms with Crippen LogP contribution in [0.3, 0.4) is 0 Å². The van der Waals surface area contributed by atoms with Gasteiger partial charge in [-0.15, -0.1) is 10.2 Å². The van der Waals surface area contributed by atoms with Gasteiger partial charge in [-0.05, 0) is 36.4 Å². The van der Waals surface area contributed by atoms with E-state index in [1.165, 1.54) is 22.9 Å². The molecule has 134 valence electrons. The molecular formula is C19H12BrFN4O2. The van der Waals surface area contributed by atoms with Gasteiger partial charge >= 0.3 is 0 Å². The van der Waals surface area contributed by atoms with Gasteiger partial charge in [0.25, 0.3) is 5.56 Å². The lowest BCUT2D eigenvalue weighted by Crippen LogP contribution is -2.23. The minimum Gasteiger partial charge on any atom is -0.419 e. The van der Waals surface area contributed by atoms with Crippen LogP contribution < -0.4 is 5.56 Å². The fourth-order valence-electron chi connectivity index (χ4n) is 2.56. The lowest BCUT2D eigenvalue weighted by Gasteiger charge is -2.06. The maximum absolute atomic E-state index is 14.0. The molecule has 8 heteroatoms. The van der Waals surface area contributed by atoms with E-state index in [9.17, 15) is 9.18 Å². The van der Waals surface area contributed by atoms with Gasteiger partial charge in [-0.1, -0.05) is 34.1 Å². The van der Waals surface area contributed by atoms with Crippen molar-refractivity contribution < 1.29 is 8.81 Å². The Morgan fingerprint density at radius 1 is 1.04 bits per heavy atom. The summed E-state index contributed by atoms with van der Waals surface area (Å²) in [5.74, 6) is 0.153. The van der Waals surface area contributed by atoms with E-state index in [1.807, 2.05) is 24.3 Å². The Balaban J connectivity index is 1.65. The molecule has 0 aliphatic rings. The molecule has 0 unspecified atom stereocenters. The maximum Gasteiger partial charge on any atom is 0.267 e. The molecule has 0 atom stereocenters. The van der Waals surface area contributed by atoms with E-state index >= 15 is 0 Å². The molecule has 0 bridgehead atoms. The van der Waals surface area contributed by atoms with Crippen LogP contribution in [-0.4, -0.2) is 20.0 Å². The third-order valence-electron chi connectivity index (χ3n) is 3.84. The fraction of sp³-hybridized carbons (Fsp3) is 0.0526. The Hall–Kier alpha value is -3.13. The van der Waals surface area contributed by atoms with E-state index in [-0.39, 0.29) is 18.0 Å². The van der Waals surface area contributed by atoms with Gasteiger partial charge < -0.3 is 4.42 Å². The SMILES string of the molecule is O=c1ccc(-c2ccccc2F)nn1Cc1nnc(-c2cccc(Br)c2)o1. The van der Waals surface area contributed by atoms with Crippen molar-refractivity contribution in [1.29, 1.82) is 0 Å². The highest BCUT2D eigenvalue weighted by Gasteiger charge is 2.12. The highest BCUT2D eigenvalue weighted by atomic mass is 79.9. The third kappa shape index (κ3) is 3.70. The van der Waals surface area contributed by atoms with E-state index in [1.54, 1.807) is 18.2 Å². The van der Waals surface area contributed by atoms with Crippen LogP contribution in [0.1, 0.15) is 5.89 Å². The molecule has 0 N–H and O–H groups in total. The summed E-state index contributed by atoms with van der Waals surface area (Å²) in [7, 11) is 0. The molecule has 2 aromatic carbocycles. The van der Waals surface area contributed by atoms with Crippen LogP contribution >= 0.6 is 15.9 Å². The molecular weight excluding hydrogens is 415 g/mol. The minimum atomic E-state index is -0.412. The summed E-state index contributed by atoms with van der Waals surface area (Å²) in [4.78, 5) is 12.1. The second-order valence-corrected chi connectivity index (χ2v) is 6.62. The lowest BCUT2D eigenvalue weighted by molar-refractivity contribution is 0.466. The van der Waals surface area contributed by atoms with Crippen LogP contribution in [0, 0.1) is 5.82 Å². The Labute approximate surface area is 161 Å². The van der Waals surface area contributed by atoms with Crippen molar-refractivity contribution in [2.75, 3.05) is 0 Å². The van der Waals surface area contributed by atoms with Crippen molar-refractivity contribution in [1.82, 2.24) is 20.0 Å². The molecule has 0 spiro atoms. The second kappa shape index (κ2) is 7.24. The number of hydrogen-bond donors (Lipinski definition) is 0. The Kier molecular flexibility index (Phi) is 4.64. The molecule has 2 aromatic heterocycles. The minimum absolute atomic E-state index is 0.0118. The van der Waals surface area contributed by atoms with Crippen LogP contribution in [0.2, 0.25) is 0 Å². The van der Waals surface area contributed by atoms with E-state index < -0.39 is 5.82 Å². The van der Waals surface area contributed by atoms with Gasteiger partial charge in [0.15, 0.2) is 0 Å². The number of nitrogens with zero attached hydrogens (tertiary/aromatic N) is 4. The zero-order valence-electron chi connectivity index (χ0n) is 13.8. The van der Waals surface area contributed by atoms with Crippen LogP contribution in [0.5, 0.6) is 0 Å². The highest BCUT2D eigenvalue weighted by Crippen LogP contribution is 2.22. The standard InChI is InChI=1S/C19H12BrFN4O2/c20-13-5-3-4-12(10-13)19-23-22-17(27-19)11-25-18(26)9-8-16(24-25)14-6-1-2-7-15(14)21/h1-10H,11H2. The van der Waals surface area contributed by atoms with Crippen LogP contribution in [0.25, 0.3) is 22.7 Å². The molecule has 0 radical (unpaired) electrons. The van der Waals surface area contributed by atoms with Gasteiger partial charge in [0.1, 0.15) is 12.4 Å². The van der Waals surface area contributed by atoms with Crippen molar-refractivity contribution in [2.45, 2.75) is 6.54 Å². The summed E-state index contributed by atoms with van der Waals surface area (Å²) < 4.78 is 21.7. The largest absolute Gasteiger partial charge is 0.419 e. The van der Waals surface area contributed by atoms with E-state index in [4.69, 9.17) is 4.42 Å². The van der Waals surface area contributed by atoms with Gasteiger partial charge in [0, 0.05) is 21.7 Å². The van der Waals surface area contributed by atoms with Crippen LogP contribution in [0.4, 0.5) is 4.39 Å². The summed E-state index contributed by atoms with van der Waals surface area (Å²) in [6.07, 6.45) is 0. The summed E-state index contributed by atoms with van der Waals surface area (Å²) in [5, 5.41) is 12.2. The van der Waals surface area contributed by atoms with Crippen molar-refractivity contribution in [3.63, 3.8) is 0 Å². The monoisotopic (exact) mass is 426 g/mol. The molecule has 0 aliphatic heterocycles. The first-order valence-corrected chi connectivity index (χ1v) is 8.81. The van der Waals surface area contributed by atoms with Crippen molar-refractivity contribution in [3.05, 3.63) is 87.2 Å². The number of rotatable bonds is 4. The average Bonchev–Trinajstić information content (AvgIpc) is 3.13. The predicted octanol–water partition coefficient (Wildman–Crippen LogP) is 3.91. The molecule has 0 amide bonds. The Morgan fingerprint density at radius 3 is 2.70 bits per heavy atom. The number of benzene rings is 2. The zero-order chi connectivity index (χ0) is 18.8. The highest BCUT2D eigenvalue weighted by molar-refractivity contribution is 9.10. The van der Waals surface area contributed by atoms with Gasteiger partial charge in [0.05, 0.1) is 5.69 Å². The molecule has 0 fully saturated rings. The molecule has 0 saturated heterocycles. The summed E-state index contributed by atoms with van der Waals surface area (Å²) in [6.45, 7) is -0.0118. The van der Waals surface area contributed by atoms with Crippen molar-refractivity contribution >= 4 is 15.9 Å². The summed E-state index contributed by atoms with van der Waals surface area (Å²) >= 11 is 3.39. The number of aromatic nitrogens is 4. The summed E-state index contributed by atoms with van der Waals surface area (Å²) in [6, 6.07) is 16.5. The zero-order valence-corrected chi connectivity index (χ0v) is 15.4. The molecule has 0 saturated carbocycles. The molecule has 0 aliphatic carbocycles. The van der Waals surface area contributed by atoms with Gasteiger partial charge in [-0.25, -0.2) is 9.07 Å². The first-order chi connectivity index (χ1) is 13.1. The molecule has 2 heterocycles. The Bertz CT molecular complexity index is 1170. The van der Waals surface area contributed by atoms with E-state index in [0.717, 1.165) is 10.0 Å².